The highest BCUT2D eigenvalue weighted by molar-refractivity contribution is 6.01. The molecule has 1 aromatic carbocycles. The summed E-state index contributed by atoms with van der Waals surface area (Å²) in [5.74, 6) is 0.0932. The lowest BCUT2D eigenvalue weighted by atomic mass is 9.83. The van der Waals surface area contributed by atoms with Crippen LogP contribution in [-0.4, -0.2) is 60.2 Å². The molecule has 1 saturated heterocycles. The monoisotopic (exact) mass is 416 g/mol. The Morgan fingerprint density at radius 3 is 2.70 bits per heavy atom. The van der Waals surface area contributed by atoms with Gasteiger partial charge in [-0.15, -0.1) is 0 Å². The summed E-state index contributed by atoms with van der Waals surface area (Å²) in [5.41, 5.74) is 5.65. The number of hydrogen-bond acceptors (Lipinski definition) is 8. The van der Waals surface area contributed by atoms with Gasteiger partial charge in [-0.2, -0.15) is 0 Å². The molecule has 1 fully saturated rings. The number of nitrogens with zero attached hydrogens (tertiary/aromatic N) is 1. The molecule has 8 heteroatoms. The number of ether oxygens (including phenoxy) is 1. The third-order valence-electron chi connectivity index (χ3n) is 5.77. The Morgan fingerprint density at radius 1 is 1.33 bits per heavy atom. The van der Waals surface area contributed by atoms with E-state index in [0.717, 1.165) is 12.8 Å². The number of carbonyl (C=O) groups is 2. The van der Waals surface area contributed by atoms with Crippen molar-refractivity contribution in [3.8, 4) is 0 Å². The number of amidine groups is 1. The van der Waals surface area contributed by atoms with E-state index in [4.69, 9.17) is 10.5 Å². The van der Waals surface area contributed by atoms with Gasteiger partial charge in [0, 0.05) is 5.92 Å². The molecule has 4 unspecified atom stereocenters. The molecule has 0 aromatic heterocycles. The molecule has 0 spiro atoms. The quantitative estimate of drug-likeness (QED) is 0.440. The molecular formula is C22H32N4O4. The Kier molecular flexibility index (Phi) is 7.23. The number of carbonyl (C=O) groups excluding carboxylic acids is 2. The van der Waals surface area contributed by atoms with Crippen molar-refractivity contribution in [3.63, 3.8) is 0 Å². The molecule has 2 aliphatic heterocycles. The molecular weight excluding hydrogens is 384 g/mol. The summed E-state index contributed by atoms with van der Waals surface area (Å²) < 4.78 is 5.29. The number of benzene rings is 1. The standard InChI is InChI=1S/C22H32N4O4/c1-14(2)10-17(23)19-25-13-22(26-19,11-16-8-9-24-20(16)28)18(27)12-30-21(29)15-6-4-3-5-7-15/h3-7,14,16-17,20,24,28H,8-13,23H2,1-2H3,(H,25,26). The average Bonchev–Trinajstić information content (AvgIpc) is 3.34. The van der Waals surface area contributed by atoms with Crippen LogP contribution < -0.4 is 16.4 Å². The number of aliphatic hydroxyl groups is 1. The molecule has 1 aromatic rings. The van der Waals surface area contributed by atoms with Crippen molar-refractivity contribution in [2.45, 2.75) is 50.9 Å². The predicted molar refractivity (Wildman–Crippen MR) is 114 cm³/mol. The van der Waals surface area contributed by atoms with E-state index in [1.807, 2.05) is 0 Å². The average molecular weight is 417 g/mol. The molecule has 164 valence electrons. The number of ketones is 1. The maximum atomic E-state index is 13.2. The first-order valence-corrected chi connectivity index (χ1v) is 10.6. The largest absolute Gasteiger partial charge is 0.454 e. The molecule has 4 atom stereocenters. The zero-order valence-electron chi connectivity index (χ0n) is 17.6. The highest BCUT2D eigenvalue weighted by Gasteiger charge is 2.47. The van der Waals surface area contributed by atoms with Gasteiger partial charge in [0.15, 0.2) is 12.4 Å². The fourth-order valence-electron chi connectivity index (χ4n) is 4.09. The Morgan fingerprint density at radius 2 is 2.07 bits per heavy atom. The second-order valence-corrected chi connectivity index (χ2v) is 8.66. The number of nitrogens with one attached hydrogen (secondary N) is 2. The van der Waals surface area contributed by atoms with Crippen molar-refractivity contribution < 1.29 is 19.4 Å². The maximum absolute atomic E-state index is 13.2. The van der Waals surface area contributed by atoms with Crippen LogP contribution in [-0.2, 0) is 9.53 Å². The van der Waals surface area contributed by atoms with Gasteiger partial charge in [-0.1, -0.05) is 32.0 Å². The fraction of sp³-hybridized carbons (Fsp3) is 0.591. The summed E-state index contributed by atoms with van der Waals surface area (Å²) in [7, 11) is 0. The van der Waals surface area contributed by atoms with Gasteiger partial charge in [-0.25, -0.2) is 4.79 Å². The van der Waals surface area contributed by atoms with Crippen LogP contribution in [0.15, 0.2) is 35.3 Å². The number of rotatable bonds is 9. The third-order valence-corrected chi connectivity index (χ3v) is 5.77. The molecule has 30 heavy (non-hydrogen) atoms. The van der Waals surface area contributed by atoms with Crippen LogP contribution in [0.1, 0.15) is 43.5 Å². The van der Waals surface area contributed by atoms with Crippen molar-refractivity contribution in [3.05, 3.63) is 35.9 Å². The number of hydrogen-bond donors (Lipinski definition) is 4. The van der Waals surface area contributed by atoms with Crippen molar-refractivity contribution in [1.82, 2.24) is 10.6 Å². The first-order valence-electron chi connectivity index (χ1n) is 10.6. The number of esters is 1. The number of aliphatic imine (C=N–C) groups is 1. The summed E-state index contributed by atoms with van der Waals surface area (Å²) in [6, 6.07) is 8.27. The number of nitrogens with two attached hydrogens (primary N) is 1. The first kappa shape index (κ1) is 22.4. The van der Waals surface area contributed by atoms with E-state index in [0.29, 0.717) is 30.3 Å². The number of Topliss-reactive ketones (excluding diaryl/α,β-unsaturated/α-hetero) is 1. The van der Waals surface area contributed by atoms with Crippen LogP contribution >= 0.6 is 0 Å². The first-order chi connectivity index (χ1) is 14.3. The molecule has 5 N–H and O–H groups in total. The van der Waals surface area contributed by atoms with Crippen molar-refractivity contribution in [1.29, 1.82) is 0 Å². The minimum absolute atomic E-state index is 0.0952. The van der Waals surface area contributed by atoms with Gasteiger partial charge in [-0.3, -0.25) is 15.1 Å². The third kappa shape index (κ3) is 5.24. The lowest BCUT2D eigenvalue weighted by Crippen LogP contribution is -2.58. The fourth-order valence-corrected chi connectivity index (χ4v) is 4.09. The maximum Gasteiger partial charge on any atom is 0.338 e. The minimum atomic E-state index is -1.03. The summed E-state index contributed by atoms with van der Waals surface area (Å²) >= 11 is 0. The van der Waals surface area contributed by atoms with Gasteiger partial charge >= 0.3 is 5.97 Å². The zero-order valence-corrected chi connectivity index (χ0v) is 17.6. The van der Waals surface area contributed by atoms with E-state index in [1.54, 1.807) is 30.3 Å². The van der Waals surface area contributed by atoms with Gasteiger partial charge in [0.1, 0.15) is 17.6 Å². The summed E-state index contributed by atoms with van der Waals surface area (Å²) in [4.78, 5) is 30.0. The van der Waals surface area contributed by atoms with Gasteiger partial charge < -0.3 is 20.9 Å². The van der Waals surface area contributed by atoms with Gasteiger partial charge in [-0.05, 0) is 43.9 Å². The van der Waals surface area contributed by atoms with Crippen LogP contribution in [0.25, 0.3) is 0 Å². The molecule has 2 heterocycles. The van der Waals surface area contributed by atoms with Crippen molar-refractivity contribution in [2.24, 2.45) is 22.6 Å². The smallest absolute Gasteiger partial charge is 0.338 e. The Balaban J connectivity index is 1.70. The van der Waals surface area contributed by atoms with Gasteiger partial charge in [0.2, 0.25) is 0 Å². The Bertz CT molecular complexity index is 783. The lowest BCUT2D eigenvalue weighted by molar-refractivity contribution is -0.128. The molecule has 0 saturated carbocycles. The zero-order chi connectivity index (χ0) is 21.7. The topological polar surface area (TPSA) is 126 Å². The highest BCUT2D eigenvalue weighted by atomic mass is 16.5. The molecule has 0 bridgehead atoms. The van der Waals surface area contributed by atoms with Crippen LogP contribution in [0.3, 0.4) is 0 Å². The highest BCUT2D eigenvalue weighted by Crippen LogP contribution is 2.29. The summed E-state index contributed by atoms with van der Waals surface area (Å²) in [6.45, 7) is 4.71. The van der Waals surface area contributed by atoms with Crippen LogP contribution in [0.4, 0.5) is 0 Å². The van der Waals surface area contributed by atoms with Gasteiger partial charge in [0.25, 0.3) is 0 Å². The molecule has 0 aliphatic carbocycles. The second kappa shape index (κ2) is 9.68. The SMILES string of the molecule is CC(C)CC(N)C1=NCC(CC2CCNC2O)(C(=O)COC(=O)c2ccccc2)N1. The minimum Gasteiger partial charge on any atom is -0.454 e. The van der Waals surface area contributed by atoms with Crippen molar-refractivity contribution in [2.75, 3.05) is 19.7 Å². The summed E-state index contributed by atoms with van der Waals surface area (Å²) in [6.07, 6.45) is 1.23. The van der Waals surface area contributed by atoms with E-state index < -0.39 is 17.7 Å². The number of aliphatic hydroxyl groups excluding tert-OH is 1. The van der Waals surface area contributed by atoms with Gasteiger partial charge in [0.05, 0.1) is 18.2 Å². The normalized spacial score (nSPS) is 26.9. The van der Waals surface area contributed by atoms with Crippen molar-refractivity contribution >= 4 is 17.6 Å². The van der Waals surface area contributed by atoms with E-state index in [2.05, 4.69) is 29.5 Å². The summed E-state index contributed by atoms with van der Waals surface area (Å²) in [5, 5.41) is 16.5. The Labute approximate surface area is 177 Å². The van der Waals surface area contributed by atoms with E-state index in [1.165, 1.54) is 0 Å². The van der Waals surface area contributed by atoms with E-state index in [9.17, 15) is 14.7 Å². The Hall–Kier alpha value is -2.29. The van der Waals surface area contributed by atoms with Crippen LogP contribution in [0.5, 0.6) is 0 Å². The molecule has 3 rings (SSSR count). The van der Waals surface area contributed by atoms with Crippen LogP contribution in [0, 0.1) is 11.8 Å². The van der Waals surface area contributed by atoms with Crippen LogP contribution in [0.2, 0.25) is 0 Å². The second-order valence-electron chi connectivity index (χ2n) is 8.66. The molecule has 2 aliphatic rings. The molecule has 0 radical (unpaired) electrons. The van der Waals surface area contributed by atoms with E-state index in [-0.39, 0.29) is 30.9 Å². The predicted octanol–water partition coefficient (Wildman–Crippen LogP) is 0.844. The molecule has 8 nitrogen and oxygen atoms in total. The molecule has 0 amide bonds. The lowest BCUT2D eigenvalue weighted by Gasteiger charge is -2.32. The van der Waals surface area contributed by atoms with E-state index >= 15 is 0 Å².